The summed E-state index contributed by atoms with van der Waals surface area (Å²) in [7, 11) is 3.89. The van der Waals surface area contributed by atoms with Gasteiger partial charge in [0.25, 0.3) is 5.19 Å². The highest BCUT2D eigenvalue weighted by molar-refractivity contribution is 7.07. The van der Waals surface area contributed by atoms with Crippen molar-refractivity contribution >= 4 is 35.2 Å². The van der Waals surface area contributed by atoms with E-state index >= 15 is 0 Å². The highest BCUT2D eigenvalue weighted by atomic mass is 35.5. The van der Waals surface area contributed by atoms with Gasteiger partial charge in [0.1, 0.15) is 5.75 Å². The normalized spacial score (nSPS) is 11.1. The monoisotopic (exact) mass is 400 g/mol. The van der Waals surface area contributed by atoms with Crippen molar-refractivity contribution in [3.63, 3.8) is 0 Å². The maximum Gasteiger partial charge on any atom is 0.298 e. The van der Waals surface area contributed by atoms with Gasteiger partial charge in [-0.25, -0.2) is 4.99 Å². The van der Waals surface area contributed by atoms with Gasteiger partial charge in [-0.2, -0.15) is 9.36 Å². The number of benzene rings is 2. The van der Waals surface area contributed by atoms with Gasteiger partial charge in [0.15, 0.2) is 5.82 Å². The minimum Gasteiger partial charge on any atom is -0.430 e. The highest BCUT2D eigenvalue weighted by Crippen LogP contribution is 2.32. The summed E-state index contributed by atoms with van der Waals surface area (Å²) in [6, 6.07) is 11.7. The molecule has 7 heteroatoms. The van der Waals surface area contributed by atoms with Gasteiger partial charge in [-0.15, -0.1) is 0 Å². The van der Waals surface area contributed by atoms with Crippen LogP contribution in [0.4, 0.5) is 5.69 Å². The third-order valence-electron chi connectivity index (χ3n) is 3.84. The molecule has 27 heavy (non-hydrogen) atoms. The summed E-state index contributed by atoms with van der Waals surface area (Å²) in [5.41, 5.74) is 4.08. The number of aryl methyl sites for hydroxylation is 2. The van der Waals surface area contributed by atoms with E-state index in [4.69, 9.17) is 16.3 Å². The lowest BCUT2D eigenvalue weighted by atomic mass is 10.1. The van der Waals surface area contributed by atoms with Gasteiger partial charge in [0.2, 0.25) is 0 Å². The van der Waals surface area contributed by atoms with Crippen molar-refractivity contribution in [2.45, 2.75) is 20.3 Å². The Morgan fingerprint density at radius 2 is 1.89 bits per heavy atom. The Labute approximate surface area is 168 Å². The molecule has 0 aliphatic rings. The number of rotatable bonds is 6. The zero-order valence-corrected chi connectivity index (χ0v) is 17.3. The molecule has 5 nitrogen and oxygen atoms in total. The zero-order valence-electron chi connectivity index (χ0n) is 15.7. The molecule has 0 radical (unpaired) electrons. The molecule has 3 rings (SSSR count). The molecule has 0 atom stereocenters. The summed E-state index contributed by atoms with van der Waals surface area (Å²) in [5.74, 6) is 1.50. The third kappa shape index (κ3) is 5.28. The van der Waals surface area contributed by atoms with E-state index in [1.54, 1.807) is 6.34 Å². The summed E-state index contributed by atoms with van der Waals surface area (Å²) in [6.07, 6.45) is 2.43. The highest BCUT2D eigenvalue weighted by Gasteiger charge is 2.11. The van der Waals surface area contributed by atoms with Gasteiger partial charge >= 0.3 is 0 Å². The van der Waals surface area contributed by atoms with Crippen molar-refractivity contribution in [1.82, 2.24) is 14.3 Å². The molecule has 140 valence electrons. The molecular formula is C20H21ClN4OS. The molecule has 1 aromatic heterocycles. The first-order chi connectivity index (χ1) is 12.9. The van der Waals surface area contributed by atoms with E-state index in [1.165, 1.54) is 11.5 Å². The zero-order chi connectivity index (χ0) is 19.4. The lowest BCUT2D eigenvalue weighted by Gasteiger charge is -2.10. The first-order valence-corrected chi connectivity index (χ1v) is 9.62. The molecule has 0 fully saturated rings. The van der Waals surface area contributed by atoms with Crippen molar-refractivity contribution in [2.24, 2.45) is 4.99 Å². The predicted molar refractivity (Wildman–Crippen MR) is 112 cm³/mol. The minimum atomic E-state index is 0.533. The van der Waals surface area contributed by atoms with Crippen molar-refractivity contribution in [1.29, 1.82) is 0 Å². The van der Waals surface area contributed by atoms with Gasteiger partial charge in [-0.1, -0.05) is 23.7 Å². The van der Waals surface area contributed by atoms with Crippen molar-refractivity contribution in [2.75, 3.05) is 14.1 Å². The van der Waals surface area contributed by atoms with E-state index in [0.29, 0.717) is 11.6 Å². The molecule has 0 unspecified atom stereocenters. The Kier molecular flexibility index (Phi) is 6.08. The van der Waals surface area contributed by atoms with Crippen molar-refractivity contribution in [3.8, 4) is 10.9 Å². The maximum absolute atomic E-state index is 5.97. The number of hydrogen-bond donors (Lipinski definition) is 0. The third-order valence-corrected chi connectivity index (χ3v) is 4.73. The quantitative estimate of drug-likeness (QED) is 0.410. The predicted octanol–water partition coefficient (Wildman–Crippen LogP) is 5.41. The van der Waals surface area contributed by atoms with Gasteiger partial charge in [-0.3, -0.25) is 0 Å². The van der Waals surface area contributed by atoms with Crippen LogP contribution in [0, 0.1) is 13.8 Å². The molecule has 0 bridgehead atoms. The van der Waals surface area contributed by atoms with Crippen LogP contribution in [-0.4, -0.2) is 34.7 Å². The Morgan fingerprint density at radius 1 is 1.15 bits per heavy atom. The second-order valence-corrected chi connectivity index (χ2v) is 7.65. The molecule has 0 aliphatic carbocycles. The fourth-order valence-electron chi connectivity index (χ4n) is 2.43. The summed E-state index contributed by atoms with van der Waals surface area (Å²) in [5, 5.41) is 1.25. The van der Waals surface area contributed by atoms with E-state index in [2.05, 4.69) is 14.3 Å². The fourth-order valence-corrected chi connectivity index (χ4v) is 3.12. The maximum atomic E-state index is 5.97. The molecule has 0 amide bonds. The lowest BCUT2D eigenvalue weighted by Crippen LogP contribution is -2.07. The average molecular weight is 401 g/mol. The summed E-state index contributed by atoms with van der Waals surface area (Å²) < 4.78 is 10.4. The number of halogens is 1. The second-order valence-electron chi connectivity index (χ2n) is 6.49. The summed E-state index contributed by atoms with van der Waals surface area (Å²) in [4.78, 5) is 10.9. The van der Waals surface area contributed by atoms with Crippen LogP contribution in [0.2, 0.25) is 5.02 Å². The van der Waals surface area contributed by atoms with Crippen molar-refractivity contribution in [3.05, 3.63) is 63.9 Å². The molecule has 1 heterocycles. The molecule has 0 saturated heterocycles. The number of ether oxygens (including phenoxy) is 1. The van der Waals surface area contributed by atoms with Gasteiger partial charge < -0.3 is 9.64 Å². The number of hydrogen-bond acceptors (Lipinski definition) is 5. The molecule has 0 aliphatic heterocycles. The Morgan fingerprint density at radius 3 is 2.59 bits per heavy atom. The van der Waals surface area contributed by atoms with E-state index in [9.17, 15) is 0 Å². The Hall–Kier alpha value is -2.44. The molecule has 2 aromatic carbocycles. The molecular weight excluding hydrogens is 380 g/mol. The van der Waals surface area contributed by atoms with Crippen molar-refractivity contribution < 1.29 is 4.74 Å². The molecule has 0 saturated carbocycles. The molecule has 0 spiro atoms. The number of nitrogens with zero attached hydrogens (tertiary/aromatic N) is 4. The van der Waals surface area contributed by atoms with Gasteiger partial charge in [0.05, 0.1) is 12.0 Å². The van der Waals surface area contributed by atoms with Gasteiger partial charge in [0, 0.05) is 37.1 Å². The summed E-state index contributed by atoms with van der Waals surface area (Å²) in [6.45, 7) is 4.01. The van der Waals surface area contributed by atoms with Crippen LogP contribution in [-0.2, 0) is 6.42 Å². The fraction of sp³-hybridized carbons (Fsp3) is 0.250. The molecule has 0 N–H and O–H groups in total. The number of aromatic nitrogens is 2. The minimum absolute atomic E-state index is 0.533. The van der Waals surface area contributed by atoms with Crippen LogP contribution in [0.3, 0.4) is 0 Å². The van der Waals surface area contributed by atoms with Crippen LogP contribution in [0.5, 0.6) is 10.9 Å². The Bertz CT molecular complexity index is 951. The van der Waals surface area contributed by atoms with Crippen LogP contribution >= 0.6 is 23.1 Å². The Balaban J connectivity index is 1.73. The van der Waals surface area contributed by atoms with Crippen LogP contribution < -0.4 is 4.74 Å². The second kappa shape index (κ2) is 8.50. The average Bonchev–Trinajstić information content (AvgIpc) is 3.05. The largest absolute Gasteiger partial charge is 0.430 e. The first-order valence-electron chi connectivity index (χ1n) is 8.47. The number of aliphatic imine (C=N–C) groups is 1. The topological polar surface area (TPSA) is 50.6 Å². The van der Waals surface area contributed by atoms with Crippen LogP contribution in [0.15, 0.2) is 41.4 Å². The van der Waals surface area contributed by atoms with E-state index in [-0.39, 0.29) is 0 Å². The lowest BCUT2D eigenvalue weighted by molar-refractivity contribution is 0.473. The SMILES string of the molecule is Cc1cc(Oc2nc(Cc3ccc(Cl)cc3)ns2)c(C)cc1N=CN(C)C. The summed E-state index contributed by atoms with van der Waals surface area (Å²) >= 11 is 7.18. The van der Waals surface area contributed by atoms with Gasteiger partial charge in [-0.05, 0) is 54.8 Å². The van der Waals surface area contributed by atoms with E-state index in [1.807, 2.05) is 69.2 Å². The van der Waals surface area contributed by atoms with E-state index in [0.717, 1.165) is 39.0 Å². The van der Waals surface area contributed by atoms with Crippen LogP contribution in [0.1, 0.15) is 22.5 Å². The van der Waals surface area contributed by atoms with E-state index < -0.39 is 0 Å². The first kappa shape index (κ1) is 19.3. The standard InChI is InChI=1S/C20H21ClN4OS/c1-13-10-18(14(2)9-17(13)22-12-25(3)4)26-20-23-19(24-27-20)11-15-5-7-16(21)8-6-15/h5-10,12H,11H2,1-4H3. The molecule has 3 aromatic rings. The smallest absolute Gasteiger partial charge is 0.298 e. The van der Waals surface area contributed by atoms with Crippen LogP contribution in [0.25, 0.3) is 0 Å².